The summed E-state index contributed by atoms with van der Waals surface area (Å²) >= 11 is 0. The molecule has 0 bridgehead atoms. The van der Waals surface area contributed by atoms with Crippen molar-refractivity contribution in [2.24, 2.45) is 0 Å². The normalized spacial score (nSPS) is 11.5. The predicted octanol–water partition coefficient (Wildman–Crippen LogP) is 3.73. The molecule has 6 nitrogen and oxygen atoms in total. The molecule has 0 radical (unpaired) electrons. The highest BCUT2D eigenvalue weighted by Gasteiger charge is 2.30. The fourth-order valence-corrected chi connectivity index (χ4v) is 2.61. The lowest BCUT2D eigenvalue weighted by Gasteiger charge is -2.12. The van der Waals surface area contributed by atoms with Gasteiger partial charge in [0.2, 0.25) is 5.82 Å². The summed E-state index contributed by atoms with van der Waals surface area (Å²) in [4.78, 5) is 1.32. The van der Waals surface area contributed by atoms with E-state index in [-0.39, 0.29) is 17.9 Å². The molecule has 0 aliphatic rings. The highest BCUT2D eigenvalue weighted by Crippen LogP contribution is 2.32. The highest BCUT2D eigenvalue weighted by molar-refractivity contribution is 5.55. The van der Waals surface area contributed by atoms with E-state index in [4.69, 9.17) is 9.47 Å². The average molecular weight is 378 g/mol. The summed E-state index contributed by atoms with van der Waals surface area (Å²) in [5, 5.41) is 12.0. The number of halogens is 3. The number of rotatable bonds is 5. The molecule has 9 heteroatoms. The van der Waals surface area contributed by atoms with Crippen molar-refractivity contribution in [1.29, 1.82) is 0 Å². The Hall–Kier alpha value is -3.10. The second-order valence-electron chi connectivity index (χ2n) is 5.86. The van der Waals surface area contributed by atoms with Crippen molar-refractivity contribution in [2.45, 2.75) is 19.6 Å². The van der Waals surface area contributed by atoms with Crippen LogP contribution in [0.2, 0.25) is 0 Å². The quantitative estimate of drug-likeness (QED) is 0.677. The van der Waals surface area contributed by atoms with Crippen molar-refractivity contribution >= 4 is 0 Å². The second kappa shape index (κ2) is 7.26. The lowest BCUT2D eigenvalue weighted by atomic mass is 10.1. The fraction of sp³-hybridized carbons (Fsp3) is 0.278. The van der Waals surface area contributed by atoms with Gasteiger partial charge in [0, 0.05) is 5.56 Å². The zero-order valence-electron chi connectivity index (χ0n) is 14.9. The van der Waals surface area contributed by atoms with E-state index >= 15 is 0 Å². The van der Waals surface area contributed by atoms with Crippen LogP contribution in [0, 0.1) is 6.92 Å². The molecule has 142 valence electrons. The number of tetrazole rings is 1. The number of ether oxygens (including phenoxy) is 2. The molecular formula is C18H17F3N4O2. The molecule has 3 rings (SSSR count). The van der Waals surface area contributed by atoms with Crippen LogP contribution in [0.5, 0.6) is 11.5 Å². The molecule has 1 heterocycles. The number of aryl methyl sites for hydroxylation is 1. The molecule has 0 unspecified atom stereocenters. The summed E-state index contributed by atoms with van der Waals surface area (Å²) in [7, 11) is 3.09. The summed E-state index contributed by atoms with van der Waals surface area (Å²) in [6.45, 7) is 2.19. The number of aromatic nitrogens is 4. The van der Waals surface area contributed by atoms with Gasteiger partial charge in [0.1, 0.15) is 0 Å². The Morgan fingerprint density at radius 3 is 2.41 bits per heavy atom. The lowest BCUT2D eigenvalue weighted by molar-refractivity contribution is -0.137. The summed E-state index contributed by atoms with van der Waals surface area (Å²) < 4.78 is 49.2. The monoisotopic (exact) mass is 378 g/mol. The second-order valence-corrected chi connectivity index (χ2v) is 5.86. The first-order valence-electron chi connectivity index (χ1n) is 7.98. The van der Waals surface area contributed by atoms with Gasteiger partial charge in [-0.05, 0) is 47.5 Å². The van der Waals surface area contributed by atoms with Gasteiger partial charge < -0.3 is 9.47 Å². The number of nitrogens with zero attached hydrogens (tertiary/aromatic N) is 4. The Labute approximate surface area is 153 Å². The first-order valence-corrected chi connectivity index (χ1v) is 7.98. The van der Waals surface area contributed by atoms with E-state index in [1.165, 1.54) is 24.0 Å². The molecule has 0 aliphatic heterocycles. The molecule has 0 amide bonds. The van der Waals surface area contributed by atoms with Crippen LogP contribution >= 0.6 is 0 Å². The van der Waals surface area contributed by atoms with Gasteiger partial charge in [-0.25, -0.2) is 0 Å². The Balaban J connectivity index is 1.87. The van der Waals surface area contributed by atoms with Gasteiger partial charge in [0.25, 0.3) is 0 Å². The molecule has 27 heavy (non-hydrogen) atoms. The Kier molecular flexibility index (Phi) is 5.02. The van der Waals surface area contributed by atoms with E-state index in [1.807, 2.05) is 19.1 Å². The first-order chi connectivity index (χ1) is 12.8. The summed E-state index contributed by atoms with van der Waals surface area (Å²) in [6, 6.07) is 8.47. The Morgan fingerprint density at radius 1 is 1.04 bits per heavy atom. The van der Waals surface area contributed by atoms with Gasteiger partial charge in [-0.3, -0.25) is 0 Å². The lowest BCUT2D eigenvalue weighted by Crippen LogP contribution is -2.06. The standard InChI is InChI=1S/C18H17F3N4O2/c1-11-7-15(26-2)16(27-3)9-13(11)10-25-23-17(22-24-25)12-5-4-6-14(8-12)18(19,20)21/h4-9H,10H2,1-3H3. The van der Waals surface area contributed by atoms with Gasteiger partial charge in [0.15, 0.2) is 11.5 Å². The van der Waals surface area contributed by atoms with Gasteiger partial charge in [-0.2, -0.15) is 18.0 Å². The van der Waals surface area contributed by atoms with Crippen LogP contribution in [0.4, 0.5) is 13.2 Å². The van der Waals surface area contributed by atoms with Crippen molar-refractivity contribution in [2.75, 3.05) is 14.2 Å². The van der Waals surface area contributed by atoms with Gasteiger partial charge in [-0.15, -0.1) is 10.2 Å². The number of methoxy groups -OCH3 is 2. The summed E-state index contributed by atoms with van der Waals surface area (Å²) in [5.74, 6) is 1.30. The van der Waals surface area contributed by atoms with Gasteiger partial charge in [-0.1, -0.05) is 12.1 Å². The predicted molar refractivity (Wildman–Crippen MR) is 91.6 cm³/mol. The van der Waals surface area contributed by atoms with Crippen LogP contribution in [0.15, 0.2) is 36.4 Å². The van der Waals surface area contributed by atoms with Crippen LogP contribution in [0.3, 0.4) is 0 Å². The third-order valence-corrected chi connectivity index (χ3v) is 4.05. The maximum atomic E-state index is 12.9. The minimum Gasteiger partial charge on any atom is -0.493 e. The smallest absolute Gasteiger partial charge is 0.416 e. The van der Waals surface area contributed by atoms with Crippen LogP contribution in [-0.2, 0) is 12.7 Å². The molecule has 1 aromatic heterocycles. The van der Waals surface area contributed by atoms with E-state index in [2.05, 4.69) is 15.4 Å². The Morgan fingerprint density at radius 2 is 1.74 bits per heavy atom. The maximum absolute atomic E-state index is 12.9. The number of hydrogen-bond donors (Lipinski definition) is 0. The zero-order valence-corrected chi connectivity index (χ0v) is 14.9. The average Bonchev–Trinajstić information content (AvgIpc) is 3.11. The van der Waals surface area contributed by atoms with Crippen molar-refractivity contribution < 1.29 is 22.6 Å². The maximum Gasteiger partial charge on any atom is 0.416 e. The van der Waals surface area contributed by atoms with Gasteiger partial charge in [0.05, 0.1) is 26.3 Å². The molecule has 0 fully saturated rings. The van der Waals surface area contributed by atoms with Crippen LogP contribution in [0.1, 0.15) is 16.7 Å². The van der Waals surface area contributed by atoms with Crippen LogP contribution in [-0.4, -0.2) is 34.4 Å². The third-order valence-electron chi connectivity index (χ3n) is 4.05. The topological polar surface area (TPSA) is 62.1 Å². The van der Waals surface area contributed by atoms with Crippen molar-refractivity contribution in [3.63, 3.8) is 0 Å². The van der Waals surface area contributed by atoms with Crippen LogP contribution in [0.25, 0.3) is 11.4 Å². The molecule has 0 atom stereocenters. The van der Waals surface area contributed by atoms with Crippen molar-refractivity contribution in [3.05, 3.63) is 53.1 Å². The minimum atomic E-state index is -4.43. The van der Waals surface area contributed by atoms with E-state index in [9.17, 15) is 13.2 Å². The zero-order chi connectivity index (χ0) is 19.6. The number of benzene rings is 2. The summed E-state index contributed by atoms with van der Waals surface area (Å²) in [5.41, 5.74) is 1.30. The molecule has 0 N–H and O–H groups in total. The number of hydrogen-bond acceptors (Lipinski definition) is 5. The molecule has 3 aromatic rings. The fourth-order valence-electron chi connectivity index (χ4n) is 2.61. The van der Waals surface area contributed by atoms with E-state index in [1.54, 1.807) is 7.11 Å². The first kappa shape index (κ1) is 18.7. The molecule has 0 aliphatic carbocycles. The summed E-state index contributed by atoms with van der Waals surface area (Å²) in [6.07, 6.45) is -4.43. The largest absolute Gasteiger partial charge is 0.493 e. The van der Waals surface area contributed by atoms with E-state index < -0.39 is 11.7 Å². The minimum absolute atomic E-state index is 0.124. The van der Waals surface area contributed by atoms with Crippen molar-refractivity contribution in [1.82, 2.24) is 20.2 Å². The van der Waals surface area contributed by atoms with Gasteiger partial charge >= 0.3 is 6.18 Å². The highest BCUT2D eigenvalue weighted by atomic mass is 19.4. The third kappa shape index (κ3) is 4.02. The van der Waals surface area contributed by atoms with Crippen molar-refractivity contribution in [3.8, 4) is 22.9 Å². The molecular weight excluding hydrogens is 361 g/mol. The molecule has 0 saturated carbocycles. The number of alkyl halides is 3. The van der Waals surface area contributed by atoms with Crippen LogP contribution < -0.4 is 9.47 Å². The Bertz CT molecular complexity index is 954. The molecule has 0 spiro atoms. The SMILES string of the molecule is COc1cc(C)c(Cn2nnc(-c3cccc(C(F)(F)F)c3)n2)cc1OC. The molecule has 2 aromatic carbocycles. The van der Waals surface area contributed by atoms with E-state index in [0.29, 0.717) is 11.5 Å². The van der Waals surface area contributed by atoms with E-state index in [0.717, 1.165) is 23.3 Å². The molecule has 0 saturated heterocycles.